The van der Waals surface area contributed by atoms with Crippen LogP contribution in [0.4, 0.5) is 0 Å². The van der Waals surface area contributed by atoms with E-state index in [-0.39, 0.29) is 0 Å². The highest BCUT2D eigenvalue weighted by atomic mass is 14.7. The fourth-order valence-corrected chi connectivity index (χ4v) is 0.228. The predicted molar refractivity (Wildman–Crippen MR) is 20.4 cm³/mol. The van der Waals surface area contributed by atoms with Gasteiger partial charge < -0.3 is 0 Å². The molecule has 0 unspecified atom stereocenters. The summed E-state index contributed by atoms with van der Waals surface area (Å²) in [6, 6.07) is 0. The lowest BCUT2D eigenvalue weighted by atomic mass is 10.7. The van der Waals surface area contributed by atoms with Crippen molar-refractivity contribution in [2.75, 3.05) is 6.54 Å². The van der Waals surface area contributed by atoms with Gasteiger partial charge in [0.15, 0.2) is 0 Å². The monoisotopic (exact) mass is 65.0 g/mol. The van der Waals surface area contributed by atoms with Gasteiger partial charge in [-0.15, -0.1) is 0 Å². The average Bonchev–Trinajstić information content (AvgIpc) is 1.76. The SMILES string of the molecule is C1=C=NCC=1. The van der Waals surface area contributed by atoms with Crippen molar-refractivity contribution >= 4 is 5.87 Å². The lowest BCUT2D eigenvalue weighted by Crippen LogP contribution is -1.55. The van der Waals surface area contributed by atoms with Crippen LogP contribution in [-0.2, 0) is 0 Å². The third-order valence-electron chi connectivity index (χ3n) is 0.428. The molecule has 0 N–H and O–H groups in total. The van der Waals surface area contributed by atoms with Gasteiger partial charge in [0.05, 0.1) is 6.54 Å². The predicted octanol–water partition coefficient (Wildman–Crippen LogP) is 0.381. The Morgan fingerprint density at radius 2 is 2.80 bits per heavy atom. The van der Waals surface area contributed by atoms with E-state index in [2.05, 4.69) is 16.6 Å². The molecule has 5 heavy (non-hydrogen) atoms. The summed E-state index contributed by atoms with van der Waals surface area (Å²) in [6.07, 6.45) is 1.83. The minimum absolute atomic E-state index is 0.778. The van der Waals surface area contributed by atoms with Crippen LogP contribution in [-0.4, -0.2) is 12.4 Å². The van der Waals surface area contributed by atoms with Gasteiger partial charge in [0.1, 0.15) is 0 Å². The van der Waals surface area contributed by atoms with Crippen molar-refractivity contribution in [2.24, 2.45) is 4.99 Å². The van der Waals surface area contributed by atoms with Crippen LogP contribution in [0.15, 0.2) is 16.8 Å². The zero-order valence-electron chi connectivity index (χ0n) is 2.73. The van der Waals surface area contributed by atoms with Crippen molar-refractivity contribution < 1.29 is 0 Å². The Labute approximate surface area is 30.3 Å². The van der Waals surface area contributed by atoms with E-state index in [0.717, 1.165) is 6.54 Å². The smallest absolute Gasteiger partial charge is 0.0752 e. The van der Waals surface area contributed by atoms with Crippen LogP contribution in [0.5, 0.6) is 0 Å². The minimum atomic E-state index is 0.778. The van der Waals surface area contributed by atoms with Crippen molar-refractivity contribution in [1.82, 2.24) is 0 Å². The number of nitrogens with zero attached hydrogens (tertiary/aromatic N) is 1. The van der Waals surface area contributed by atoms with Gasteiger partial charge in [-0.2, -0.15) is 0 Å². The van der Waals surface area contributed by atoms with Crippen molar-refractivity contribution in [3.63, 3.8) is 0 Å². The van der Waals surface area contributed by atoms with E-state index in [1.54, 1.807) is 0 Å². The minimum Gasteiger partial charge on any atom is -0.230 e. The van der Waals surface area contributed by atoms with E-state index in [1.165, 1.54) is 0 Å². The molecule has 0 spiro atoms. The zero-order chi connectivity index (χ0) is 3.54. The Hall–Kier alpha value is -0.770. The van der Waals surface area contributed by atoms with Crippen LogP contribution < -0.4 is 0 Å². The second-order valence-corrected chi connectivity index (χ2v) is 0.801. The lowest BCUT2D eigenvalue weighted by molar-refractivity contribution is 1.29. The third kappa shape index (κ3) is 0.273. The maximum Gasteiger partial charge on any atom is 0.0752 e. The molecular formula is C4H3N. The molecule has 0 fully saturated rings. The summed E-state index contributed by atoms with van der Waals surface area (Å²) in [5, 5.41) is 0. The molecular weight excluding hydrogens is 62.1 g/mol. The van der Waals surface area contributed by atoms with E-state index in [9.17, 15) is 0 Å². The van der Waals surface area contributed by atoms with Crippen LogP contribution in [0.25, 0.3) is 0 Å². The lowest BCUT2D eigenvalue weighted by Gasteiger charge is -1.57. The quantitative estimate of drug-likeness (QED) is 0.362. The zero-order valence-corrected chi connectivity index (χ0v) is 2.73. The van der Waals surface area contributed by atoms with Gasteiger partial charge in [0.2, 0.25) is 0 Å². The highest BCUT2D eigenvalue weighted by Crippen LogP contribution is 1.70. The Morgan fingerprint density at radius 1 is 1.80 bits per heavy atom. The summed E-state index contributed by atoms with van der Waals surface area (Å²) in [6.45, 7) is 0.778. The van der Waals surface area contributed by atoms with E-state index in [0.29, 0.717) is 0 Å². The first-order valence-electron chi connectivity index (χ1n) is 1.49. The summed E-state index contributed by atoms with van der Waals surface area (Å²) >= 11 is 0. The first-order chi connectivity index (χ1) is 2.50. The van der Waals surface area contributed by atoms with Gasteiger partial charge in [0, 0.05) is 5.87 Å². The van der Waals surface area contributed by atoms with Crippen LogP contribution in [0, 0.1) is 0 Å². The number of aliphatic imine (C=N–C) groups is 1. The molecule has 0 saturated heterocycles. The van der Waals surface area contributed by atoms with Gasteiger partial charge >= 0.3 is 0 Å². The molecule has 0 aromatic carbocycles. The summed E-state index contributed by atoms with van der Waals surface area (Å²) < 4.78 is 0. The van der Waals surface area contributed by atoms with Crippen molar-refractivity contribution in [1.29, 1.82) is 0 Å². The molecule has 0 radical (unpaired) electrons. The van der Waals surface area contributed by atoms with Gasteiger partial charge in [0.25, 0.3) is 0 Å². The topological polar surface area (TPSA) is 12.4 Å². The molecule has 1 aliphatic heterocycles. The Bertz CT molecular complexity index is 97.6. The number of rotatable bonds is 0. The molecule has 0 aromatic heterocycles. The summed E-state index contributed by atoms with van der Waals surface area (Å²) in [4.78, 5) is 3.67. The maximum absolute atomic E-state index is 3.67. The maximum atomic E-state index is 3.67. The normalized spacial score (nSPS) is 14.4. The molecule has 0 saturated carbocycles. The fourth-order valence-electron chi connectivity index (χ4n) is 0.228. The van der Waals surface area contributed by atoms with Gasteiger partial charge in [-0.3, -0.25) is 0 Å². The standard InChI is InChI=1S/C4H3N/c1-2-4-5-3-1/h1H,3H2. The number of hydrogen-bond acceptors (Lipinski definition) is 1. The second kappa shape index (κ2) is 0.898. The van der Waals surface area contributed by atoms with Crippen LogP contribution in [0.2, 0.25) is 0 Å². The van der Waals surface area contributed by atoms with Crippen LogP contribution in [0.3, 0.4) is 0 Å². The van der Waals surface area contributed by atoms with E-state index in [4.69, 9.17) is 0 Å². The molecule has 0 amide bonds. The molecule has 0 aliphatic carbocycles. The second-order valence-electron chi connectivity index (χ2n) is 0.801. The van der Waals surface area contributed by atoms with Crippen molar-refractivity contribution in [3.8, 4) is 0 Å². The van der Waals surface area contributed by atoms with Crippen molar-refractivity contribution in [3.05, 3.63) is 11.8 Å². The largest absolute Gasteiger partial charge is 0.230 e. The van der Waals surface area contributed by atoms with Crippen LogP contribution in [0.1, 0.15) is 0 Å². The molecule has 24 valence electrons. The van der Waals surface area contributed by atoms with Crippen molar-refractivity contribution in [2.45, 2.75) is 0 Å². The molecule has 1 aliphatic rings. The van der Waals surface area contributed by atoms with E-state index in [1.807, 2.05) is 6.08 Å². The summed E-state index contributed by atoms with van der Waals surface area (Å²) in [7, 11) is 0. The molecule has 0 atom stereocenters. The van der Waals surface area contributed by atoms with E-state index >= 15 is 0 Å². The average molecular weight is 65.1 g/mol. The highest BCUT2D eigenvalue weighted by Gasteiger charge is 1.67. The van der Waals surface area contributed by atoms with Gasteiger partial charge in [-0.05, 0) is 6.08 Å². The van der Waals surface area contributed by atoms with Gasteiger partial charge in [-0.25, -0.2) is 4.99 Å². The molecule has 1 nitrogen and oxygen atoms in total. The number of hydrogen-bond donors (Lipinski definition) is 0. The Balaban J connectivity index is 3.17. The Kier molecular flexibility index (Phi) is 0.443. The Morgan fingerprint density at radius 3 is 3.00 bits per heavy atom. The molecule has 0 aromatic rings. The van der Waals surface area contributed by atoms with Gasteiger partial charge in [-0.1, -0.05) is 5.73 Å². The fraction of sp³-hybridized carbons (Fsp3) is 0.250. The highest BCUT2D eigenvalue weighted by molar-refractivity contribution is 5.53. The molecule has 1 heterocycles. The van der Waals surface area contributed by atoms with Crippen LogP contribution >= 0.6 is 0 Å². The first kappa shape index (κ1) is 2.47. The molecule has 1 rings (SSSR count). The molecule has 1 heteroatoms. The first-order valence-corrected chi connectivity index (χ1v) is 1.49. The van der Waals surface area contributed by atoms with E-state index < -0.39 is 0 Å². The third-order valence-corrected chi connectivity index (χ3v) is 0.428. The summed E-state index contributed by atoms with van der Waals surface area (Å²) in [5.41, 5.74) is 2.68. The molecule has 0 bridgehead atoms. The summed E-state index contributed by atoms with van der Waals surface area (Å²) in [5.74, 6) is 2.54.